The standard InChI is InChI=1S/C16H19N3O2/c1-19(13-7-3-2-4-8-13)12-6-11-17-14-9-5-10-18-15(14)16(20)21/h2-5,7-10,17H,6,11-12H2,1H3,(H,20,21). The summed E-state index contributed by atoms with van der Waals surface area (Å²) in [6, 6.07) is 13.6. The summed E-state index contributed by atoms with van der Waals surface area (Å²) in [4.78, 5) is 17.1. The number of nitrogens with one attached hydrogen (secondary N) is 1. The van der Waals surface area contributed by atoms with Gasteiger partial charge in [-0.3, -0.25) is 0 Å². The number of carboxylic acids is 1. The molecule has 0 amide bonds. The van der Waals surface area contributed by atoms with Crippen LogP contribution in [-0.4, -0.2) is 36.2 Å². The van der Waals surface area contributed by atoms with Crippen molar-refractivity contribution < 1.29 is 9.90 Å². The van der Waals surface area contributed by atoms with Gasteiger partial charge in [-0.15, -0.1) is 0 Å². The van der Waals surface area contributed by atoms with Gasteiger partial charge in [0.1, 0.15) is 0 Å². The van der Waals surface area contributed by atoms with Gasteiger partial charge >= 0.3 is 5.97 Å². The van der Waals surface area contributed by atoms with E-state index < -0.39 is 5.97 Å². The van der Waals surface area contributed by atoms with E-state index in [0.29, 0.717) is 12.2 Å². The van der Waals surface area contributed by atoms with Crippen molar-refractivity contribution in [3.8, 4) is 0 Å². The molecule has 5 heteroatoms. The summed E-state index contributed by atoms with van der Waals surface area (Å²) in [5.74, 6) is -1.01. The van der Waals surface area contributed by atoms with Gasteiger partial charge in [-0.25, -0.2) is 9.78 Å². The Morgan fingerprint density at radius 2 is 2.00 bits per heavy atom. The van der Waals surface area contributed by atoms with Crippen molar-refractivity contribution in [2.75, 3.05) is 30.4 Å². The Morgan fingerprint density at radius 1 is 1.24 bits per heavy atom. The first-order valence-electron chi connectivity index (χ1n) is 6.87. The molecule has 1 heterocycles. The summed E-state index contributed by atoms with van der Waals surface area (Å²) in [6.45, 7) is 1.59. The maximum atomic E-state index is 11.0. The highest BCUT2D eigenvalue weighted by atomic mass is 16.4. The van der Waals surface area contributed by atoms with Crippen molar-refractivity contribution in [1.29, 1.82) is 0 Å². The molecule has 0 fully saturated rings. The maximum Gasteiger partial charge on any atom is 0.356 e. The fourth-order valence-electron chi connectivity index (χ4n) is 2.07. The first-order chi connectivity index (χ1) is 10.2. The van der Waals surface area contributed by atoms with Crippen LogP contribution in [0.2, 0.25) is 0 Å². The number of hydrogen-bond acceptors (Lipinski definition) is 4. The van der Waals surface area contributed by atoms with Gasteiger partial charge in [-0.1, -0.05) is 18.2 Å². The second-order valence-electron chi connectivity index (χ2n) is 4.74. The van der Waals surface area contributed by atoms with Crippen molar-refractivity contribution >= 4 is 17.3 Å². The Balaban J connectivity index is 1.81. The summed E-state index contributed by atoms with van der Waals surface area (Å²) in [5.41, 5.74) is 1.80. The van der Waals surface area contributed by atoms with Crippen LogP contribution < -0.4 is 10.2 Å². The van der Waals surface area contributed by atoms with Gasteiger partial charge in [-0.2, -0.15) is 0 Å². The van der Waals surface area contributed by atoms with Crippen molar-refractivity contribution in [2.45, 2.75) is 6.42 Å². The predicted molar refractivity (Wildman–Crippen MR) is 84.0 cm³/mol. The number of anilines is 2. The third-order valence-corrected chi connectivity index (χ3v) is 3.19. The highest BCUT2D eigenvalue weighted by Crippen LogP contribution is 2.13. The molecule has 0 unspecified atom stereocenters. The SMILES string of the molecule is CN(CCCNc1cccnc1C(=O)O)c1ccccc1. The quantitative estimate of drug-likeness (QED) is 0.766. The van der Waals surface area contributed by atoms with Gasteiger partial charge in [-0.05, 0) is 30.7 Å². The first kappa shape index (κ1) is 14.8. The van der Waals surface area contributed by atoms with Crippen molar-refractivity contribution in [3.63, 3.8) is 0 Å². The molecule has 0 aliphatic carbocycles. The lowest BCUT2D eigenvalue weighted by Gasteiger charge is -2.19. The van der Waals surface area contributed by atoms with Crippen LogP contribution >= 0.6 is 0 Å². The second-order valence-corrected chi connectivity index (χ2v) is 4.74. The molecule has 0 radical (unpaired) electrons. The van der Waals surface area contributed by atoms with Crippen LogP contribution in [0.5, 0.6) is 0 Å². The molecule has 0 bridgehead atoms. The van der Waals surface area contributed by atoms with Gasteiger partial charge in [0.2, 0.25) is 0 Å². The van der Waals surface area contributed by atoms with E-state index >= 15 is 0 Å². The minimum absolute atomic E-state index is 0.0638. The number of rotatable bonds is 7. The van der Waals surface area contributed by atoms with Crippen LogP contribution in [0.1, 0.15) is 16.9 Å². The van der Waals surface area contributed by atoms with Crippen LogP contribution in [-0.2, 0) is 0 Å². The van der Waals surface area contributed by atoms with Crippen LogP contribution in [0.25, 0.3) is 0 Å². The van der Waals surface area contributed by atoms with Crippen LogP contribution in [0.15, 0.2) is 48.7 Å². The van der Waals surface area contributed by atoms with E-state index in [4.69, 9.17) is 5.11 Å². The highest BCUT2D eigenvalue weighted by molar-refractivity contribution is 5.91. The number of hydrogen-bond donors (Lipinski definition) is 2. The Hall–Kier alpha value is -2.56. The molecule has 110 valence electrons. The van der Waals surface area contributed by atoms with E-state index in [9.17, 15) is 4.79 Å². The van der Waals surface area contributed by atoms with E-state index in [-0.39, 0.29) is 5.69 Å². The van der Waals surface area contributed by atoms with Gasteiger partial charge < -0.3 is 15.3 Å². The first-order valence-corrected chi connectivity index (χ1v) is 6.87. The van der Waals surface area contributed by atoms with E-state index in [2.05, 4.69) is 27.3 Å². The van der Waals surface area contributed by atoms with Gasteiger partial charge in [0.05, 0.1) is 5.69 Å². The summed E-state index contributed by atoms with van der Waals surface area (Å²) in [5, 5.41) is 12.2. The zero-order valence-corrected chi connectivity index (χ0v) is 12.0. The molecule has 2 rings (SSSR count). The van der Waals surface area contributed by atoms with E-state index in [0.717, 1.165) is 13.0 Å². The van der Waals surface area contributed by atoms with Crippen molar-refractivity contribution in [3.05, 3.63) is 54.4 Å². The smallest absolute Gasteiger partial charge is 0.356 e. The number of carboxylic acid groups (broad SMARTS) is 1. The molecule has 0 atom stereocenters. The van der Waals surface area contributed by atoms with Crippen molar-refractivity contribution in [1.82, 2.24) is 4.98 Å². The van der Waals surface area contributed by atoms with Crippen LogP contribution in [0, 0.1) is 0 Å². The largest absolute Gasteiger partial charge is 0.476 e. The third-order valence-electron chi connectivity index (χ3n) is 3.19. The normalized spacial score (nSPS) is 10.1. The average Bonchev–Trinajstić information content (AvgIpc) is 2.52. The molecule has 5 nitrogen and oxygen atoms in total. The number of benzene rings is 1. The lowest BCUT2D eigenvalue weighted by atomic mass is 10.2. The van der Waals surface area contributed by atoms with Gasteiger partial charge in [0.15, 0.2) is 5.69 Å². The Kier molecular flexibility index (Phi) is 5.15. The van der Waals surface area contributed by atoms with E-state index in [1.54, 1.807) is 12.1 Å². The second kappa shape index (κ2) is 7.28. The lowest BCUT2D eigenvalue weighted by molar-refractivity contribution is 0.0691. The molecular weight excluding hydrogens is 266 g/mol. The number of carbonyl (C=O) groups is 1. The Labute approximate surface area is 124 Å². The number of nitrogens with zero attached hydrogens (tertiary/aromatic N) is 2. The topological polar surface area (TPSA) is 65.5 Å². The lowest BCUT2D eigenvalue weighted by Crippen LogP contribution is -2.21. The summed E-state index contributed by atoms with van der Waals surface area (Å²) in [7, 11) is 2.04. The molecule has 1 aromatic heterocycles. The van der Waals surface area contributed by atoms with Gasteiger partial charge in [0, 0.05) is 32.0 Å². The zero-order chi connectivity index (χ0) is 15.1. The third kappa shape index (κ3) is 4.21. The molecule has 21 heavy (non-hydrogen) atoms. The summed E-state index contributed by atoms with van der Waals surface area (Å²) in [6.07, 6.45) is 2.39. The molecule has 2 aromatic rings. The summed E-state index contributed by atoms with van der Waals surface area (Å²) < 4.78 is 0. The molecule has 0 aliphatic heterocycles. The zero-order valence-electron chi connectivity index (χ0n) is 12.0. The average molecular weight is 285 g/mol. The fraction of sp³-hybridized carbons (Fsp3) is 0.250. The molecule has 0 spiro atoms. The molecule has 2 N–H and O–H groups in total. The monoisotopic (exact) mass is 285 g/mol. The van der Waals surface area contributed by atoms with Crippen LogP contribution in [0.4, 0.5) is 11.4 Å². The number of pyridine rings is 1. The molecule has 0 saturated carbocycles. The fourth-order valence-corrected chi connectivity index (χ4v) is 2.07. The molecule has 0 aliphatic rings. The molecule has 1 aromatic carbocycles. The van der Waals surface area contributed by atoms with Gasteiger partial charge in [0.25, 0.3) is 0 Å². The minimum Gasteiger partial charge on any atom is -0.476 e. The molecule has 0 saturated heterocycles. The number of aromatic nitrogens is 1. The summed E-state index contributed by atoms with van der Waals surface area (Å²) >= 11 is 0. The number of aromatic carboxylic acids is 1. The highest BCUT2D eigenvalue weighted by Gasteiger charge is 2.10. The molecular formula is C16H19N3O2. The van der Waals surface area contributed by atoms with E-state index in [1.165, 1.54) is 11.9 Å². The maximum absolute atomic E-state index is 11.0. The van der Waals surface area contributed by atoms with E-state index in [1.807, 2.05) is 25.2 Å². The minimum atomic E-state index is -1.01. The van der Waals surface area contributed by atoms with Crippen LogP contribution in [0.3, 0.4) is 0 Å². The Bertz CT molecular complexity index is 587. The Morgan fingerprint density at radius 3 is 2.71 bits per heavy atom. The predicted octanol–water partition coefficient (Wildman–Crippen LogP) is 2.72. The van der Waals surface area contributed by atoms with Crippen molar-refractivity contribution in [2.24, 2.45) is 0 Å². The number of para-hydroxylation sites is 1.